The van der Waals surface area contributed by atoms with Crippen molar-refractivity contribution in [3.8, 4) is 0 Å². The van der Waals surface area contributed by atoms with Crippen LogP contribution in [-0.4, -0.2) is 46.4 Å². The molecule has 5 heteroatoms. The summed E-state index contributed by atoms with van der Waals surface area (Å²) in [6.07, 6.45) is 8.91. The molecule has 4 rings (SSSR count). The Morgan fingerprint density at radius 3 is 2.46 bits per heavy atom. The Kier molecular flexibility index (Phi) is 7.21. The van der Waals surface area contributed by atoms with Crippen LogP contribution in [0.5, 0.6) is 0 Å². The number of benzene rings is 1. The molecule has 2 heterocycles. The Morgan fingerprint density at radius 2 is 1.79 bits per heavy atom. The topological polar surface area (TPSA) is 48.6 Å². The van der Waals surface area contributed by atoms with Crippen LogP contribution in [0.1, 0.15) is 54.8 Å². The number of likely N-dealkylation sites (tertiary alicyclic amines) is 1. The van der Waals surface area contributed by atoms with E-state index in [4.69, 9.17) is 16.7 Å². The lowest BCUT2D eigenvalue weighted by Gasteiger charge is -2.39. The smallest absolute Gasteiger partial charge is 0.0920 e. The minimum absolute atomic E-state index is 0.696. The molecule has 1 aliphatic heterocycles. The molecule has 1 unspecified atom stereocenters. The fraction of sp³-hybridized carbons (Fsp3) is 0.565. The van der Waals surface area contributed by atoms with Gasteiger partial charge in [0.1, 0.15) is 0 Å². The van der Waals surface area contributed by atoms with Crippen molar-refractivity contribution in [3.63, 3.8) is 0 Å². The van der Waals surface area contributed by atoms with Crippen molar-refractivity contribution in [2.75, 3.05) is 26.7 Å². The first-order chi connectivity index (χ1) is 13.5. The van der Waals surface area contributed by atoms with Gasteiger partial charge in [-0.3, -0.25) is 0 Å². The van der Waals surface area contributed by atoms with E-state index in [1.165, 1.54) is 31.4 Å². The van der Waals surface area contributed by atoms with E-state index >= 15 is 0 Å². The maximum Gasteiger partial charge on any atom is 0.0920 e. The minimum atomic E-state index is -0.696. The Labute approximate surface area is 173 Å². The van der Waals surface area contributed by atoms with E-state index in [-0.39, 0.29) is 0 Å². The normalized spacial score (nSPS) is 21.5. The molecular formula is C23H33ClN2O2. The van der Waals surface area contributed by atoms with E-state index in [0.717, 1.165) is 50.2 Å². The summed E-state index contributed by atoms with van der Waals surface area (Å²) in [4.78, 5) is 2.53. The molecule has 1 atom stereocenters. The molecule has 1 saturated heterocycles. The third-order valence-electron chi connectivity index (χ3n) is 6.50. The average Bonchev–Trinajstić information content (AvgIpc) is 3.11. The fourth-order valence-corrected chi connectivity index (χ4v) is 4.91. The largest absolute Gasteiger partial charge is 0.400 e. The van der Waals surface area contributed by atoms with Crippen LogP contribution in [0.25, 0.3) is 0 Å². The molecule has 1 aliphatic carbocycles. The molecule has 28 heavy (non-hydrogen) atoms. The molecular weight excluding hydrogens is 372 g/mol. The monoisotopic (exact) mass is 404 g/mol. The van der Waals surface area contributed by atoms with Gasteiger partial charge in [0.05, 0.1) is 5.60 Å². The van der Waals surface area contributed by atoms with Crippen LogP contribution >= 0.6 is 11.6 Å². The van der Waals surface area contributed by atoms with Crippen LogP contribution in [0.2, 0.25) is 5.02 Å². The lowest BCUT2D eigenvalue weighted by Crippen LogP contribution is -2.43. The van der Waals surface area contributed by atoms with E-state index < -0.39 is 5.60 Å². The van der Waals surface area contributed by atoms with Gasteiger partial charge in [-0.05, 0) is 80.3 Å². The summed E-state index contributed by atoms with van der Waals surface area (Å²) in [5.74, 6) is 0.706. The number of hydrogen-bond acceptors (Lipinski definition) is 3. The van der Waals surface area contributed by atoms with Gasteiger partial charge in [-0.25, -0.2) is 0 Å². The Bertz CT molecular complexity index is 748. The van der Waals surface area contributed by atoms with Crippen LogP contribution in [-0.2, 0) is 19.1 Å². The van der Waals surface area contributed by atoms with Crippen molar-refractivity contribution < 1.29 is 10.2 Å². The molecule has 2 aromatic rings. The van der Waals surface area contributed by atoms with Crippen LogP contribution in [0, 0.1) is 0 Å². The average molecular weight is 405 g/mol. The lowest BCUT2D eigenvalue weighted by atomic mass is 9.83. The van der Waals surface area contributed by atoms with Crippen LogP contribution in [0.15, 0.2) is 36.5 Å². The highest BCUT2D eigenvalue weighted by molar-refractivity contribution is 6.30. The summed E-state index contributed by atoms with van der Waals surface area (Å²) < 4.78 is 2.30. The molecule has 0 amide bonds. The van der Waals surface area contributed by atoms with Gasteiger partial charge in [-0.15, -0.1) is 0 Å². The van der Waals surface area contributed by atoms with E-state index in [0.29, 0.717) is 5.92 Å². The van der Waals surface area contributed by atoms with E-state index in [2.05, 4.69) is 28.8 Å². The van der Waals surface area contributed by atoms with Crippen LogP contribution in [0.3, 0.4) is 0 Å². The second-order valence-corrected chi connectivity index (χ2v) is 8.52. The second-order valence-electron chi connectivity index (χ2n) is 8.09. The first-order valence-electron chi connectivity index (χ1n) is 10.3. The molecule has 0 bridgehead atoms. The third kappa shape index (κ3) is 4.62. The van der Waals surface area contributed by atoms with Crippen LogP contribution < -0.4 is 0 Å². The van der Waals surface area contributed by atoms with Gasteiger partial charge in [-0.2, -0.15) is 0 Å². The molecule has 4 nitrogen and oxygen atoms in total. The zero-order chi connectivity index (χ0) is 20.1. The summed E-state index contributed by atoms with van der Waals surface area (Å²) >= 11 is 5.98. The van der Waals surface area contributed by atoms with Gasteiger partial charge >= 0.3 is 0 Å². The lowest BCUT2D eigenvalue weighted by molar-refractivity contribution is -0.0263. The van der Waals surface area contributed by atoms with Gasteiger partial charge in [0.15, 0.2) is 0 Å². The van der Waals surface area contributed by atoms with E-state index in [9.17, 15) is 5.11 Å². The summed E-state index contributed by atoms with van der Waals surface area (Å²) in [5, 5.41) is 18.8. The van der Waals surface area contributed by atoms with E-state index in [1.54, 1.807) is 5.56 Å². The number of nitrogens with zero attached hydrogens (tertiary/aromatic N) is 2. The number of hydrogen-bond donors (Lipinski definition) is 2. The second kappa shape index (κ2) is 9.45. The zero-order valence-corrected chi connectivity index (χ0v) is 17.8. The molecule has 1 fully saturated rings. The molecule has 1 aromatic heterocycles. The summed E-state index contributed by atoms with van der Waals surface area (Å²) in [7, 11) is 3.17. The van der Waals surface area contributed by atoms with Crippen molar-refractivity contribution in [1.29, 1.82) is 0 Å². The summed E-state index contributed by atoms with van der Waals surface area (Å²) in [6, 6.07) is 10.0. The van der Waals surface area contributed by atoms with Gasteiger partial charge in [0.2, 0.25) is 0 Å². The van der Waals surface area contributed by atoms with E-state index in [1.807, 2.05) is 24.3 Å². The van der Waals surface area contributed by atoms with Crippen molar-refractivity contribution in [3.05, 3.63) is 58.4 Å². The molecule has 0 saturated carbocycles. The maximum atomic E-state index is 11.0. The highest BCUT2D eigenvalue weighted by atomic mass is 35.5. The number of fused-ring (bicyclic) bond motifs is 1. The number of aryl methyl sites for hydroxylation is 1. The first kappa shape index (κ1) is 21.4. The third-order valence-corrected chi connectivity index (χ3v) is 6.75. The molecule has 0 spiro atoms. The van der Waals surface area contributed by atoms with Crippen molar-refractivity contribution in [2.24, 2.45) is 7.05 Å². The number of piperidine rings is 1. The fourth-order valence-electron chi connectivity index (χ4n) is 4.78. The Morgan fingerprint density at radius 1 is 1.11 bits per heavy atom. The van der Waals surface area contributed by atoms with Crippen molar-refractivity contribution in [1.82, 2.24) is 9.47 Å². The molecule has 2 aliphatic rings. The number of rotatable bonds is 4. The highest BCUT2D eigenvalue weighted by Gasteiger charge is 2.34. The maximum absolute atomic E-state index is 11.0. The van der Waals surface area contributed by atoms with Crippen molar-refractivity contribution >= 4 is 11.6 Å². The Hall–Kier alpha value is -1.33. The van der Waals surface area contributed by atoms with Gasteiger partial charge in [-0.1, -0.05) is 23.7 Å². The molecule has 2 N–H and O–H groups in total. The highest BCUT2D eigenvalue weighted by Crippen LogP contribution is 2.36. The van der Waals surface area contributed by atoms with Gasteiger partial charge in [0.25, 0.3) is 0 Å². The summed E-state index contributed by atoms with van der Waals surface area (Å²) in [6.45, 7) is 3.07. The SMILES string of the molecule is CO.Cn1ccc2c1CCCC2CCN1CCC(O)(c2ccc(Cl)cc2)CC1. The molecule has 154 valence electrons. The quantitative estimate of drug-likeness (QED) is 0.807. The predicted octanol–water partition coefficient (Wildman–Crippen LogP) is 4.08. The standard InChI is InChI=1S/C22H29ClN2O.CH4O/c1-24-13-10-20-17(3-2-4-21(20)24)9-14-25-15-11-22(26,12-16-25)18-5-7-19(23)8-6-18;1-2/h5-8,10,13,17,26H,2-4,9,11-12,14-16H2,1H3;2H,1H3. The number of aromatic nitrogens is 1. The van der Waals surface area contributed by atoms with Crippen LogP contribution in [0.4, 0.5) is 0 Å². The number of aliphatic hydroxyl groups is 2. The Balaban J connectivity index is 0.00000109. The zero-order valence-electron chi connectivity index (χ0n) is 17.1. The van der Waals surface area contributed by atoms with Gasteiger partial charge in [0, 0.05) is 44.2 Å². The molecule has 0 radical (unpaired) electrons. The minimum Gasteiger partial charge on any atom is -0.400 e. The molecule has 1 aromatic carbocycles. The van der Waals surface area contributed by atoms with Gasteiger partial charge < -0.3 is 19.7 Å². The summed E-state index contributed by atoms with van der Waals surface area (Å²) in [5.41, 5.74) is 3.42. The first-order valence-corrected chi connectivity index (χ1v) is 10.7. The number of halogens is 1. The number of aliphatic hydroxyl groups excluding tert-OH is 1. The van der Waals surface area contributed by atoms with Crippen molar-refractivity contribution in [2.45, 2.75) is 50.0 Å². The predicted molar refractivity (Wildman–Crippen MR) is 115 cm³/mol.